The maximum atomic E-state index is 12.2. The number of aromatic nitrogens is 1. The standard InChI is InChI=1S/C20H20N2O3S2/c1-12-11-14(6-8-16(12)25-3)19-13(2)27-20(22-19)21-18(24)9-7-15(23)17-5-4-10-26-17/h4-6,8,10-11H,7,9H2,1-3H3,(H,21,22,24). The molecule has 0 saturated heterocycles. The molecule has 7 heteroatoms. The third kappa shape index (κ3) is 4.61. The van der Waals surface area contributed by atoms with Crippen LogP contribution in [-0.2, 0) is 4.79 Å². The first-order valence-electron chi connectivity index (χ1n) is 8.47. The average Bonchev–Trinajstić information content (AvgIpc) is 3.29. The molecule has 3 rings (SSSR count). The predicted octanol–water partition coefficient (Wildman–Crippen LogP) is 5.10. The average molecular weight is 401 g/mol. The number of amides is 1. The molecule has 0 aliphatic carbocycles. The lowest BCUT2D eigenvalue weighted by molar-refractivity contribution is -0.116. The summed E-state index contributed by atoms with van der Waals surface area (Å²) < 4.78 is 5.30. The first-order valence-corrected chi connectivity index (χ1v) is 10.2. The van der Waals surface area contributed by atoms with Crippen LogP contribution in [0.15, 0.2) is 35.7 Å². The van der Waals surface area contributed by atoms with Crippen LogP contribution in [0.4, 0.5) is 5.13 Å². The molecule has 0 unspecified atom stereocenters. The van der Waals surface area contributed by atoms with Crippen LogP contribution in [0.25, 0.3) is 11.3 Å². The fourth-order valence-electron chi connectivity index (χ4n) is 2.71. The van der Waals surface area contributed by atoms with Gasteiger partial charge in [0.05, 0.1) is 17.7 Å². The Labute approximate surface area is 166 Å². The molecule has 0 radical (unpaired) electrons. The van der Waals surface area contributed by atoms with Crippen molar-refractivity contribution >= 4 is 39.5 Å². The minimum atomic E-state index is -0.203. The van der Waals surface area contributed by atoms with Crippen LogP contribution < -0.4 is 10.1 Å². The minimum Gasteiger partial charge on any atom is -0.496 e. The molecule has 1 amide bonds. The van der Waals surface area contributed by atoms with Crippen molar-refractivity contribution in [2.24, 2.45) is 0 Å². The van der Waals surface area contributed by atoms with E-state index in [1.807, 2.05) is 43.5 Å². The van der Waals surface area contributed by atoms with Gasteiger partial charge in [0.2, 0.25) is 5.91 Å². The molecule has 2 aromatic heterocycles. The molecule has 3 aromatic rings. The van der Waals surface area contributed by atoms with Crippen molar-refractivity contribution in [3.05, 3.63) is 51.0 Å². The van der Waals surface area contributed by atoms with Gasteiger partial charge in [0.15, 0.2) is 10.9 Å². The molecular weight excluding hydrogens is 380 g/mol. The van der Waals surface area contributed by atoms with Crippen molar-refractivity contribution in [2.75, 3.05) is 12.4 Å². The Morgan fingerprint density at radius 1 is 1.19 bits per heavy atom. The van der Waals surface area contributed by atoms with Gasteiger partial charge in [0, 0.05) is 23.3 Å². The number of thiophene rings is 1. The summed E-state index contributed by atoms with van der Waals surface area (Å²) in [5, 5.41) is 5.21. The Morgan fingerprint density at radius 2 is 2.00 bits per heavy atom. The van der Waals surface area contributed by atoms with E-state index < -0.39 is 0 Å². The van der Waals surface area contributed by atoms with E-state index in [2.05, 4.69) is 10.3 Å². The van der Waals surface area contributed by atoms with Crippen molar-refractivity contribution in [1.82, 2.24) is 4.98 Å². The quantitative estimate of drug-likeness (QED) is 0.560. The van der Waals surface area contributed by atoms with Gasteiger partial charge in [-0.1, -0.05) is 6.07 Å². The third-order valence-electron chi connectivity index (χ3n) is 4.09. The molecule has 5 nitrogen and oxygen atoms in total. The van der Waals surface area contributed by atoms with Gasteiger partial charge >= 0.3 is 0 Å². The Kier molecular flexibility index (Phi) is 6.03. The summed E-state index contributed by atoms with van der Waals surface area (Å²) in [6, 6.07) is 9.50. The first-order chi connectivity index (χ1) is 13.0. The van der Waals surface area contributed by atoms with Crippen LogP contribution in [0.2, 0.25) is 0 Å². The fraction of sp³-hybridized carbons (Fsp3) is 0.250. The highest BCUT2D eigenvalue weighted by Gasteiger charge is 2.15. The smallest absolute Gasteiger partial charge is 0.226 e. The minimum absolute atomic E-state index is 0.00938. The molecule has 0 bridgehead atoms. The monoisotopic (exact) mass is 400 g/mol. The zero-order chi connectivity index (χ0) is 19.4. The normalized spacial score (nSPS) is 10.6. The predicted molar refractivity (Wildman–Crippen MR) is 110 cm³/mol. The largest absolute Gasteiger partial charge is 0.496 e. The molecule has 27 heavy (non-hydrogen) atoms. The molecule has 0 saturated carbocycles. The molecule has 0 spiro atoms. The number of nitrogens with zero attached hydrogens (tertiary/aromatic N) is 1. The van der Waals surface area contributed by atoms with Crippen molar-refractivity contribution in [2.45, 2.75) is 26.7 Å². The number of rotatable bonds is 7. The van der Waals surface area contributed by atoms with E-state index >= 15 is 0 Å². The molecule has 1 N–H and O–H groups in total. The number of benzene rings is 1. The summed E-state index contributed by atoms with van der Waals surface area (Å²) in [5.74, 6) is 0.617. The number of thiazole rings is 1. The number of ketones is 1. The van der Waals surface area contributed by atoms with Crippen molar-refractivity contribution in [1.29, 1.82) is 0 Å². The number of nitrogens with one attached hydrogen (secondary N) is 1. The number of ether oxygens (including phenoxy) is 1. The number of carbonyl (C=O) groups is 2. The van der Waals surface area contributed by atoms with Gasteiger partial charge in [-0.2, -0.15) is 0 Å². The zero-order valence-corrected chi connectivity index (χ0v) is 17.0. The highest BCUT2D eigenvalue weighted by Crippen LogP contribution is 2.32. The van der Waals surface area contributed by atoms with E-state index in [0.29, 0.717) is 10.0 Å². The SMILES string of the molecule is COc1ccc(-c2nc(NC(=O)CCC(=O)c3cccs3)sc2C)cc1C. The van der Waals surface area contributed by atoms with Crippen LogP contribution in [0.1, 0.15) is 33.0 Å². The maximum absolute atomic E-state index is 12.2. The van der Waals surface area contributed by atoms with Crippen LogP contribution in [0.3, 0.4) is 0 Å². The molecule has 0 aliphatic heterocycles. The van der Waals surface area contributed by atoms with Gasteiger partial charge in [-0.05, 0) is 49.1 Å². The third-order valence-corrected chi connectivity index (χ3v) is 5.88. The van der Waals surface area contributed by atoms with Gasteiger partial charge in [-0.15, -0.1) is 22.7 Å². The summed E-state index contributed by atoms with van der Waals surface area (Å²) in [5.41, 5.74) is 2.85. The second-order valence-electron chi connectivity index (χ2n) is 6.06. The van der Waals surface area contributed by atoms with Gasteiger partial charge in [0.25, 0.3) is 0 Å². The molecule has 0 fully saturated rings. The lowest BCUT2D eigenvalue weighted by Crippen LogP contribution is -2.13. The Bertz CT molecular complexity index is 962. The molecule has 0 aliphatic rings. The van der Waals surface area contributed by atoms with E-state index in [0.717, 1.165) is 27.4 Å². The summed E-state index contributed by atoms with van der Waals surface area (Å²) in [7, 11) is 1.65. The number of anilines is 1. The van der Waals surface area contributed by atoms with Crippen molar-refractivity contribution in [3.63, 3.8) is 0 Å². The second kappa shape index (κ2) is 8.45. The van der Waals surface area contributed by atoms with E-state index in [-0.39, 0.29) is 24.5 Å². The molecule has 2 heterocycles. The summed E-state index contributed by atoms with van der Waals surface area (Å²) in [4.78, 5) is 30.4. The highest BCUT2D eigenvalue weighted by atomic mass is 32.1. The van der Waals surface area contributed by atoms with E-state index in [1.54, 1.807) is 13.2 Å². The lowest BCUT2D eigenvalue weighted by Gasteiger charge is -2.06. The summed E-state index contributed by atoms with van der Waals surface area (Å²) >= 11 is 2.82. The molecule has 140 valence electrons. The Hall–Kier alpha value is -2.51. The van der Waals surface area contributed by atoms with Crippen LogP contribution in [0.5, 0.6) is 5.75 Å². The van der Waals surface area contributed by atoms with Crippen molar-refractivity contribution < 1.29 is 14.3 Å². The second-order valence-corrected chi connectivity index (χ2v) is 8.21. The summed E-state index contributed by atoms with van der Waals surface area (Å²) in [6.07, 6.45) is 0.341. The number of Topliss-reactive ketones (excluding diaryl/α,β-unsaturated/α-hetero) is 1. The van der Waals surface area contributed by atoms with E-state index in [9.17, 15) is 9.59 Å². The Balaban J connectivity index is 1.65. The number of methoxy groups -OCH3 is 1. The van der Waals surface area contributed by atoms with Gasteiger partial charge in [-0.3, -0.25) is 9.59 Å². The van der Waals surface area contributed by atoms with Crippen LogP contribution in [0, 0.1) is 13.8 Å². The maximum Gasteiger partial charge on any atom is 0.226 e. The van der Waals surface area contributed by atoms with Gasteiger partial charge in [0.1, 0.15) is 5.75 Å². The topological polar surface area (TPSA) is 68.3 Å². The molecular formula is C20H20N2O3S2. The van der Waals surface area contributed by atoms with Gasteiger partial charge < -0.3 is 10.1 Å². The lowest BCUT2D eigenvalue weighted by atomic mass is 10.1. The van der Waals surface area contributed by atoms with Gasteiger partial charge in [-0.25, -0.2) is 4.98 Å². The molecule has 1 aromatic carbocycles. The van der Waals surface area contributed by atoms with E-state index in [1.165, 1.54) is 22.7 Å². The number of carbonyl (C=O) groups excluding carboxylic acids is 2. The van der Waals surface area contributed by atoms with Crippen LogP contribution in [-0.4, -0.2) is 23.8 Å². The number of hydrogen-bond acceptors (Lipinski definition) is 6. The first kappa shape index (κ1) is 19.3. The zero-order valence-electron chi connectivity index (χ0n) is 15.4. The Morgan fingerprint density at radius 3 is 2.67 bits per heavy atom. The molecule has 0 atom stereocenters. The van der Waals surface area contributed by atoms with Crippen molar-refractivity contribution in [3.8, 4) is 17.0 Å². The van der Waals surface area contributed by atoms with E-state index in [4.69, 9.17) is 4.74 Å². The van der Waals surface area contributed by atoms with Crippen LogP contribution >= 0.6 is 22.7 Å². The number of aryl methyl sites for hydroxylation is 2. The summed E-state index contributed by atoms with van der Waals surface area (Å²) in [6.45, 7) is 3.96. The fourth-order valence-corrected chi connectivity index (χ4v) is 4.26. The number of hydrogen-bond donors (Lipinski definition) is 1. The highest BCUT2D eigenvalue weighted by molar-refractivity contribution is 7.16.